The van der Waals surface area contributed by atoms with Crippen molar-refractivity contribution in [2.75, 3.05) is 11.9 Å². The molecule has 0 aliphatic heterocycles. The Morgan fingerprint density at radius 2 is 2.14 bits per heavy atom. The normalized spacial score (nSPS) is 11.7. The first-order valence-corrected chi connectivity index (χ1v) is 5.94. The van der Waals surface area contributed by atoms with Crippen LogP contribution in [0.15, 0.2) is 5.38 Å². The van der Waals surface area contributed by atoms with E-state index in [4.69, 9.17) is 5.73 Å². The second kappa shape index (κ2) is 4.75. The van der Waals surface area contributed by atoms with Gasteiger partial charge >= 0.3 is 0 Å². The molecule has 4 heteroatoms. The van der Waals surface area contributed by atoms with Crippen molar-refractivity contribution in [1.29, 1.82) is 0 Å². The molecule has 0 aromatic carbocycles. The summed E-state index contributed by atoms with van der Waals surface area (Å²) in [5, 5.41) is 6.48. The first-order valence-electron chi connectivity index (χ1n) is 5.06. The second-order valence-electron chi connectivity index (χ2n) is 3.61. The molecule has 0 saturated heterocycles. The molecule has 0 saturated carbocycles. The van der Waals surface area contributed by atoms with Gasteiger partial charge in [-0.2, -0.15) is 0 Å². The van der Waals surface area contributed by atoms with Gasteiger partial charge in [0.25, 0.3) is 0 Å². The van der Waals surface area contributed by atoms with E-state index in [9.17, 15) is 0 Å². The number of thiazole rings is 1. The van der Waals surface area contributed by atoms with Gasteiger partial charge in [-0.15, -0.1) is 11.3 Å². The largest absolute Gasteiger partial charge is 0.355 e. The Hall–Kier alpha value is -0.610. The lowest BCUT2D eigenvalue weighted by molar-refractivity contribution is 0.445. The van der Waals surface area contributed by atoms with E-state index in [2.05, 4.69) is 29.5 Å². The average Bonchev–Trinajstić information content (AvgIpc) is 2.61. The van der Waals surface area contributed by atoms with E-state index < -0.39 is 0 Å². The van der Waals surface area contributed by atoms with Gasteiger partial charge < -0.3 is 11.1 Å². The monoisotopic (exact) mass is 213 g/mol. The molecule has 0 atom stereocenters. The number of nitrogens with zero attached hydrogens (tertiary/aromatic N) is 1. The fraction of sp³-hybridized carbons (Fsp3) is 0.700. The number of nitrogens with one attached hydrogen (secondary N) is 1. The van der Waals surface area contributed by atoms with Crippen molar-refractivity contribution in [3.05, 3.63) is 11.1 Å². The molecule has 0 amide bonds. The fourth-order valence-corrected chi connectivity index (χ4v) is 2.21. The van der Waals surface area contributed by atoms with Crippen LogP contribution in [-0.4, -0.2) is 17.1 Å². The summed E-state index contributed by atoms with van der Waals surface area (Å²) < 4.78 is 0. The highest BCUT2D eigenvalue weighted by Gasteiger charge is 2.24. The molecule has 0 unspecified atom stereocenters. The molecular weight excluding hydrogens is 194 g/mol. The Bertz CT molecular complexity index is 270. The standard InChI is InChI=1S/C10H19N3S/c1-4-10(5-2,7-11)13-9-12-8(3)6-14-9/h6H,4-5,7,11H2,1-3H3,(H,12,13). The number of hydrogen-bond acceptors (Lipinski definition) is 4. The van der Waals surface area contributed by atoms with Gasteiger partial charge in [0.05, 0.1) is 11.2 Å². The zero-order valence-electron chi connectivity index (χ0n) is 9.13. The number of nitrogens with two attached hydrogens (primary N) is 1. The Morgan fingerprint density at radius 3 is 2.50 bits per heavy atom. The average molecular weight is 213 g/mol. The van der Waals surface area contributed by atoms with Gasteiger partial charge in [-0.25, -0.2) is 4.98 Å². The molecule has 1 aromatic rings. The van der Waals surface area contributed by atoms with Crippen molar-refractivity contribution < 1.29 is 0 Å². The maximum atomic E-state index is 5.80. The van der Waals surface area contributed by atoms with E-state index in [1.807, 2.05) is 6.92 Å². The van der Waals surface area contributed by atoms with Gasteiger partial charge in [-0.05, 0) is 19.8 Å². The summed E-state index contributed by atoms with van der Waals surface area (Å²) in [6.07, 6.45) is 2.05. The minimum absolute atomic E-state index is 0.0181. The van der Waals surface area contributed by atoms with Crippen LogP contribution in [0.4, 0.5) is 5.13 Å². The lowest BCUT2D eigenvalue weighted by Gasteiger charge is -2.31. The van der Waals surface area contributed by atoms with Crippen LogP contribution in [0.1, 0.15) is 32.4 Å². The molecule has 0 radical (unpaired) electrons. The number of aryl methyl sites for hydroxylation is 1. The van der Waals surface area contributed by atoms with E-state index >= 15 is 0 Å². The summed E-state index contributed by atoms with van der Waals surface area (Å²) in [4.78, 5) is 4.39. The van der Waals surface area contributed by atoms with Crippen molar-refractivity contribution in [3.8, 4) is 0 Å². The van der Waals surface area contributed by atoms with Crippen molar-refractivity contribution in [2.45, 2.75) is 39.2 Å². The third-order valence-electron chi connectivity index (χ3n) is 2.74. The van der Waals surface area contributed by atoms with E-state index in [1.165, 1.54) is 0 Å². The van der Waals surface area contributed by atoms with Crippen molar-refractivity contribution in [3.63, 3.8) is 0 Å². The zero-order chi connectivity index (χ0) is 10.6. The quantitative estimate of drug-likeness (QED) is 0.789. The predicted octanol–water partition coefficient (Wildman–Crippen LogP) is 2.38. The molecule has 1 rings (SSSR count). The molecule has 0 fully saturated rings. The van der Waals surface area contributed by atoms with Gasteiger partial charge in [0.2, 0.25) is 0 Å². The van der Waals surface area contributed by atoms with Crippen LogP contribution in [0, 0.1) is 6.92 Å². The highest BCUT2D eigenvalue weighted by Crippen LogP contribution is 2.23. The van der Waals surface area contributed by atoms with Crippen LogP contribution in [0.3, 0.4) is 0 Å². The summed E-state index contributed by atoms with van der Waals surface area (Å²) in [5.41, 5.74) is 6.88. The fourth-order valence-electron chi connectivity index (χ4n) is 1.40. The summed E-state index contributed by atoms with van der Waals surface area (Å²) in [6, 6.07) is 0. The molecule has 1 heterocycles. The molecule has 0 aliphatic carbocycles. The van der Waals surface area contributed by atoms with Crippen LogP contribution in [0.2, 0.25) is 0 Å². The number of aromatic nitrogens is 1. The minimum atomic E-state index is 0.0181. The molecular formula is C10H19N3S. The topological polar surface area (TPSA) is 50.9 Å². The lowest BCUT2D eigenvalue weighted by Crippen LogP contribution is -2.44. The van der Waals surface area contributed by atoms with Gasteiger partial charge in [0, 0.05) is 11.9 Å². The Morgan fingerprint density at radius 1 is 1.50 bits per heavy atom. The third kappa shape index (κ3) is 2.45. The molecule has 3 N–H and O–H groups in total. The summed E-state index contributed by atoms with van der Waals surface area (Å²) >= 11 is 1.64. The first kappa shape index (κ1) is 11.5. The van der Waals surface area contributed by atoms with Crippen LogP contribution in [-0.2, 0) is 0 Å². The summed E-state index contributed by atoms with van der Waals surface area (Å²) in [5.74, 6) is 0. The zero-order valence-corrected chi connectivity index (χ0v) is 9.95. The van der Waals surface area contributed by atoms with E-state index in [1.54, 1.807) is 11.3 Å². The first-order chi connectivity index (χ1) is 6.65. The van der Waals surface area contributed by atoms with E-state index in [0.29, 0.717) is 6.54 Å². The number of anilines is 1. The van der Waals surface area contributed by atoms with E-state index in [0.717, 1.165) is 23.7 Å². The Balaban J connectivity index is 2.73. The predicted molar refractivity (Wildman–Crippen MR) is 62.8 cm³/mol. The summed E-state index contributed by atoms with van der Waals surface area (Å²) in [7, 11) is 0. The molecule has 3 nitrogen and oxygen atoms in total. The third-order valence-corrected chi connectivity index (χ3v) is 3.61. The Labute approximate surface area is 89.7 Å². The van der Waals surface area contributed by atoms with Crippen LogP contribution in [0.5, 0.6) is 0 Å². The molecule has 1 aromatic heterocycles. The van der Waals surface area contributed by atoms with Gasteiger partial charge in [-0.3, -0.25) is 0 Å². The van der Waals surface area contributed by atoms with Gasteiger partial charge in [-0.1, -0.05) is 13.8 Å². The van der Waals surface area contributed by atoms with Crippen molar-refractivity contribution >= 4 is 16.5 Å². The molecule has 0 spiro atoms. The Kier molecular flexibility index (Phi) is 3.89. The molecule has 14 heavy (non-hydrogen) atoms. The minimum Gasteiger partial charge on any atom is -0.355 e. The number of hydrogen-bond donors (Lipinski definition) is 2. The second-order valence-corrected chi connectivity index (χ2v) is 4.47. The van der Waals surface area contributed by atoms with Crippen LogP contribution >= 0.6 is 11.3 Å². The van der Waals surface area contributed by atoms with E-state index in [-0.39, 0.29) is 5.54 Å². The van der Waals surface area contributed by atoms with Crippen LogP contribution < -0.4 is 11.1 Å². The molecule has 0 aliphatic rings. The van der Waals surface area contributed by atoms with Crippen molar-refractivity contribution in [2.24, 2.45) is 5.73 Å². The SMILES string of the molecule is CCC(CC)(CN)Nc1nc(C)cs1. The molecule has 80 valence electrons. The maximum absolute atomic E-state index is 5.80. The summed E-state index contributed by atoms with van der Waals surface area (Å²) in [6.45, 7) is 6.97. The van der Waals surface area contributed by atoms with Crippen LogP contribution in [0.25, 0.3) is 0 Å². The highest BCUT2D eigenvalue weighted by molar-refractivity contribution is 7.13. The lowest BCUT2D eigenvalue weighted by atomic mass is 9.93. The van der Waals surface area contributed by atoms with Crippen molar-refractivity contribution in [1.82, 2.24) is 4.98 Å². The molecule has 0 bridgehead atoms. The van der Waals surface area contributed by atoms with Gasteiger partial charge in [0.1, 0.15) is 0 Å². The maximum Gasteiger partial charge on any atom is 0.183 e. The number of rotatable bonds is 5. The highest BCUT2D eigenvalue weighted by atomic mass is 32.1. The van der Waals surface area contributed by atoms with Gasteiger partial charge in [0.15, 0.2) is 5.13 Å². The smallest absolute Gasteiger partial charge is 0.183 e.